The molecule has 1 aliphatic rings. The van der Waals surface area contributed by atoms with Crippen LogP contribution < -0.4 is 15.2 Å². The number of carbonyl (C=O) groups is 1. The SMILES string of the molecule is CCOc1ccc([C@@H](C)C2=C(c3c(N)ccc4ccccc34)CC(C)(C)CC2=O)cc1OC. The molecule has 33 heavy (non-hydrogen) atoms. The van der Waals surface area contributed by atoms with Crippen LogP contribution >= 0.6 is 0 Å². The first kappa shape index (κ1) is 22.9. The molecule has 0 unspecified atom stereocenters. The number of ketones is 1. The number of fused-ring (bicyclic) bond motifs is 1. The summed E-state index contributed by atoms with van der Waals surface area (Å²) in [5, 5.41) is 2.21. The molecular weight excluding hydrogens is 410 g/mol. The quantitative estimate of drug-likeness (QED) is 0.427. The number of Topliss-reactive ketones (excluding diaryl/α,β-unsaturated/α-hetero) is 1. The van der Waals surface area contributed by atoms with Crippen molar-refractivity contribution in [2.45, 2.75) is 46.5 Å². The molecule has 1 atom stereocenters. The van der Waals surface area contributed by atoms with Crippen LogP contribution in [0.3, 0.4) is 0 Å². The van der Waals surface area contributed by atoms with Gasteiger partial charge in [-0.2, -0.15) is 0 Å². The Morgan fingerprint density at radius 2 is 1.79 bits per heavy atom. The summed E-state index contributed by atoms with van der Waals surface area (Å²) in [6.45, 7) is 8.93. The highest BCUT2D eigenvalue weighted by Gasteiger charge is 2.37. The zero-order valence-electron chi connectivity index (χ0n) is 20.2. The van der Waals surface area contributed by atoms with Gasteiger partial charge >= 0.3 is 0 Å². The molecule has 0 aliphatic heterocycles. The zero-order valence-corrected chi connectivity index (χ0v) is 20.2. The van der Waals surface area contributed by atoms with Gasteiger partial charge in [0.15, 0.2) is 17.3 Å². The van der Waals surface area contributed by atoms with Crippen molar-refractivity contribution in [1.29, 1.82) is 0 Å². The maximum absolute atomic E-state index is 13.6. The summed E-state index contributed by atoms with van der Waals surface area (Å²) in [6, 6.07) is 18.2. The van der Waals surface area contributed by atoms with Crippen LogP contribution in [0.25, 0.3) is 16.3 Å². The lowest BCUT2D eigenvalue weighted by molar-refractivity contribution is -0.118. The van der Waals surface area contributed by atoms with Crippen LogP contribution in [0.2, 0.25) is 0 Å². The highest BCUT2D eigenvalue weighted by Crippen LogP contribution is 2.48. The lowest BCUT2D eigenvalue weighted by atomic mass is 9.68. The van der Waals surface area contributed by atoms with Crippen molar-refractivity contribution >= 4 is 27.8 Å². The number of rotatable bonds is 6. The van der Waals surface area contributed by atoms with Gasteiger partial charge in [0.05, 0.1) is 13.7 Å². The van der Waals surface area contributed by atoms with E-state index in [1.807, 2.05) is 49.4 Å². The van der Waals surface area contributed by atoms with E-state index in [9.17, 15) is 4.79 Å². The third-order valence-electron chi connectivity index (χ3n) is 6.60. The predicted molar refractivity (Wildman–Crippen MR) is 136 cm³/mol. The van der Waals surface area contributed by atoms with Crippen molar-refractivity contribution < 1.29 is 14.3 Å². The summed E-state index contributed by atoms with van der Waals surface area (Å²) in [7, 11) is 1.64. The highest BCUT2D eigenvalue weighted by atomic mass is 16.5. The van der Waals surface area contributed by atoms with Crippen LogP contribution in [0.1, 0.15) is 57.6 Å². The van der Waals surface area contributed by atoms with Crippen LogP contribution in [0, 0.1) is 5.41 Å². The van der Waals surface area contributed by atoms with Gasteiger partial charge in [0.2, 0.25) is 0 Å². The molecule has 172 valence electrons. The standard InChI is InChI=1S/C29H33NO3/c1-6-33-25-14-12-20(15-26(25)32-5)18(2)27-22(16-29(3,4)17-24(27)31)28-21-10-8-7-9-19(21)11-13-23(28)30/h7-15,18H,6,16-17,30H2,1-5H3/t18-/m1/s1. The van der Waals surface area contributed by atoms with Crippen molar-refractivity contribution in [1.82, 2.24) is 0 Å². The van der Waals surface area contributed by atoms with Gasteiger partial charge in [-0.05, 0) is 58.9 Å². The Hall–Kier alpha value is -3.27. The van der Waals surface area contributed by atoms with Crippen molar-refractivity contribution in [2.24, 2.45) is 5.41 Å². The molecule has 0 saturated carbocycles. The van der Waals surface area contributed by atoms with Crippen LogP contribution in [0.5, 0.6) is 11.5 Å². The predicted octanol–water partition coefficient (Wildman–Crippen LogP) is 6.78. The van der Waals surface area contributed by atoms with Crippen LogP contribution in [-0.2, 0) is 4.79 Å². The summed E-state index contributed by atoms with van der Waals surface area (Å²) >= 11 is 0. The molecule has 0 saturated heterocycles. The molecule has 2 N–H and O–H groups in total. The van der Waals surface area contributed by atoms with E-state index in [4.69, 9.17) is 15.2 Å². The van der Waals surface area contributed by atoms with Gasteiger partial charge < -0.3 is 15.2 Å². The van der Waals surface area contributed by atoms with E-state index in [2.05, 4.69) is 32.9 Å². The van der Waals surface area contributed by atoms with Crippen molar-refractivity contribution in [2.75, 3.05) is 19.5 Å². The smallest absolute Gasteiger partial charge is 0.161 e. The Labute approximate surface area is 196 Å². The largest absolute Gasteiger partial charge is 0.493 e. The number of allylic oxidation sites excluding steroid dienone is 2. The Morgan fingerprint density at radius 3 is 2.52 bits per heavy atom. The summed E-state index contributed by atoms with van der Waals surface area (Å²) in [5.74, 6) is 1.47. The van der Waals surface area contributed by atoms with Gasteiger partial charge in [-0.15, -0.1) is 0 Å². The molecule has 1 aliphatic carbocycles. The average molecular weight is 444 g/mol. The molecule has 0 bridgehead atoms. The van der Waals surface area contributed by atoms with Crippen molar-refractivity contribution in [3.8, 4) is 11.5 Å². The van der Waals surface area contributed by atoms with Gasteiger partial charge in [-0.1, -0.05) is 57.2 Å². The van der Waals surface area contributed by atoms with Gasteiger partial charge in [0.1, 0.15) is 0 Å². The third-order valence-corrected chi connectivity index (χ3v) is 6.60. The topological polar surface area (TPSA) is 61.5 Å². The fourth-order valence-electron chi connectivity index (χ4n) is 5.08. The summed E-state index contributed by atoms with van der Waals surface area (Å²) in [6.07, 6.45) is 1.32. The second kappa shape index (κ2) is 8.93. The van der Waals surface area contributed by atoms with Gasteiger partial charge in [-0.25, -0.2) is 0 Å². The summed E-state index contributed by atoms with van der Waals surface area (Å²) in [4.78, 5) is 13.6. The van der Waals surface area contributed by atoms with Gasteiger partial charge in [-0.3, -0.25) is 4.79 Å². The van der Waals surface area contributed by atoms with E-state index in [1.54, 1.807) is 7.11 Å². The molecule has 3 aromatic rings. The first-order chi connectivity index (χ1) is 15.8. The minimum atomic E-state index is -0.129. The first-order valence-electron chi connectivity index (χ1n) is 11.6. The fourth-order valence-corrected chi connectivity index (χ4v) is 5.08. The van der Waals surface area contributed by atoms with Gasteiger partial charge in [0, 0.05) is 29.2 Å². The molecular formula is C29H33NO3. The van der Waals surface area contributed by atoms with Gasteiger partial charge in [0.25, 0.3) is 0 Å². The van der Waals surface area contributed by atoms with E-state index in [0.29, 0.717) is 30.2 Å². The molecule has 0 heterocycles. The Morgan fingerprint density at radius 1 is 1.03 bits per heavy atom. The molecule has 0 amide bonds. The van der Waals surface area contributed by atoms with Crippen LogP contribution in [0.4, 0.5) is 5.69 Å². The van der Waals surface area contributed by atoms with Crippen molar-refractivity contribution in [3.63, 3.8) is 0 Å². The van der Waals surface area contributed by atoms with E-state index in [0.717, 1.165) is 39.5 Å². The number of anilines is 1. The second-order valence-electron chi connectivity index (χ2n) is 9.65. The summed E-state index contributed by atoms with van der Waals surface area (Å²) in [5.41, 5.74) is 11.1. The number of benzene rings is 3. The molecule has 4 rings (SSSR count). The Bertz CT molecular complexity index is 1240. The average Bonchev–Trinajstić information content (AvgIpc) is 2.78. The minimum absolute atomic E-state index is 0.105. The highest BCUT2D eigenvalue weighted by molar-refractivity contribution is 6.10. The normalized spacial score (nSPS) is 16.7. The molecule has 0 spiro atoms. The number of nitrogens with two attached hydrogens (primary N) is 1. The number of ether oxygens (including phenoxy) is 2. The number of hydrogen-bond donors (Lipinski definition) is 1. The van der Waals surface area contributed by atoms with Crippen LogP contribution in [-0.4, -0.2) is 19.5 Å². The second-order valence-corrected chi connectivity index (χ2v) is 9.65. The monoisotopic (exact) mass is 443 g/mol. The molecule has 4 nitrogen and oxygen atoms in total. The summed E-state index contributed by atoms with van der Waals surface area (Å²) < 4.78 is 11.3. The maximum atomic E-state index is 13.6. The maximum Gasteiger partial charge on any atom is 0.161 e. The van der Waals surface area contributed by atoms with Crippen LogP contribution in [0.15, 0.2) is 60.2 Å². The Kier molecular flexibility index (Phi) is 6.20. The number of hydrogen-bond acceptors (Lipinski definition) is 4. The zero-order chi connectivity index (χ0) is 23.8. The third kappa shape index (κ3) is 4.35. The molecule has 0 fully saturated rings. The number of methoxy groups -OCH3 is 1. The molecule has 4 heteroatoms. The number of nitrogen functional groups attached to an aromatic ring is 1. The minimum Gasteiger partial charge on any atom is -0.493 e. The fraction of sp³-hybridized carbons (Fsp3) is 0.345. The van der Waals surface area contributed by atoms with E-state index >= 15 is 0 Å². The number of carbonyl (C=O) groups excluding carboxylic acids is 1. The lowest BCUT2D eigenvalue weighted by Gasteiger charge is -2.35. The van der Waals surface area contributed by atoms with E-state index in [1.165, 1.54) is 0 Å². The molecule has 3 aromatic carbocycles. The van der Waals surface area contributed by atoms with Crippen molar-refractivity contribution in [3.05, 3.63) is 71.3 Å². The lowest BCUT2D eigenvalue weighted by Crippen LogP contribution is -2.27. The van der Waals surface area contributed by atoms with E-state index in [-0.39, 0.29) is 17.1 Å². The molecule has 0 radical (unpaired) electrons. The Balaban J connectivity index is 1.94. The first-order valence-corrected chi connectivity index (χ1v) is 11.6. The van der Waals surface area contributed by atoms with E-state index < -0.39 is 0 Å². The molecule has 0 aromatic heterocycles.